The van der Waals surface area contributed by atoms with Crippen LogP contribution < -0.4 is 10.5 Å². The van der Waals surface area contributed by atoms with Crippen molar-refractivity contribution >= 4 is 5.97 Å². The Hall–Kier alpha value is -1.83. The number of hydrogen-bond donors (Lipinski definition) is 2. The monoisotopic (exact) mass is 267 g/mol. The number of hydrogen-bond acceptors (Lipinski definition) is 3. The van der Waals surface area contributed by atoms with Gasteiger partial charge < -0.3 is 15.6 Å². The number of halogens is 4. The van der Waals surface area contributed by atoms with Gasteiger partial charge in [-0.1, -0.05) is 6.07 Å². The second-order valence-corrected chi connectivity index (χ2v) is 3.45. The van der Waals surface area contributed by atoms with E-state index in [1.54, 1.807) is 0 Å². The van der Waals surface area contributed by atoms with Crippen molar-refractivity contribution in [2.45, 2.75) is 18.8 Å². The maximum atomic E-state index is 13.4. The number of carbonyl (C=O) groups is 1. The van der Waals surface area contributed by atoms with Crippen LogP contribution in [0.5, 0.6) is 5.75 Å². The Balaban J connectivity index is 2.83. The summed E-state index contributed by atoms with van der Waals surface area (Å²) in [6.45, 7) is 0. The summed E-state index contributed by atoms with van der Waals surface area (Å²) >= 11 is 0. The first-order valence-electron chi connectivity index (χ1n) is 4.71. The van der Waals surface area contributed by atoms with Crippen molar-refractivity contribution in [3.63, 3.8) is 0 Å². The van der Waals surface area contributed by atoms with Gasteiger partial charge in [0.05, 0.1) is 0 Å². The fourth-order valence-electron chi connectivity index (χ4n) is 1.21. The predicted molar refractivity (Wildman–Crippen MR) is 52.4 cm³/mol. The average molecular weight is 267 g/mol. The molecule has 0 radical (unpaired) electrons. The van der Waals surface area contributed by atoms with E-state index in [2.05, 4.69) is 4.74 Å². The molecule has 0 aliphatic rings. The lowest BCUT2D eigenvalue weighted by atomic mass is 10.1. The SMILES string of the molecule is NC(Cc1ccc(OC(F)(F)F)cc1F)C(=O)O. The van der Waals surface area contributed by atoms with E-state index in [9.17, 15) is 22.4 Å². The van der Waals surface area contributed by atoms with Gasteiger partial charge in [0.2, 0.25) is 0 Å². The Morgan fingerprint density at radius 3 is 2.50 bits per heavy atom. The lowest BCUT2D eigenvalue weighted by molar-refractivity contribution is -0.274. The summed E-state index contributed by atoms with van der Waals surface area (Å²) in [6, 6.07) is 1.09. The third-order valence-electron chi connectivity index (χ3n) is 2.02. The number of ether oxygens (including phenoxy) is 1. The van der Waals surface area contributed by atoms with Gasteiger partial charge in [0.25, 0.3) is 0 Å². The Kier molecular flexibility index (Phi) is 4.12. The molecule has 0 bridgehead atoms. The molecule has 3 N–H and O–H groups in total. The minimum absolute atomic E-state index is 0.0978. The lowest BCUT2D eigenvalue weighted by Crippen LogP contribution is -2.32. The van der Waals surface area contributed by atoms with Gasteiger partial charge >= 0.3 is 12.3 Å². The number of nitrogens with two attached hydrogens (primary N) is 1. The van der Waals surface area contributed by atoms with Crippen LogP contribution in [-0.2, 0) is 11.2 Å². The first kappa shape index (κ1) is 14.2. The van der Waals surface area contributed by atoms with E-state index in [-0.39, 0.29) is 12.0 Å². The molecular weight excluding hydrogens is 258 g/mol. The van der Waals surface area contributed by atoms with E-state index in [1.807, 2.05) is 0 Å². The zero-order valence-corrected chi connectivity index (χ0v) is 8.87. The average Bonchev–Trinajstić information content (AvgIpc) is 2.19. The van der Waals surface area contributed by atoms with Gasteiger partial charge in [-0.15, -0.1) is 13.2 Å². The van der Waals surface area contributed by atoms with Gasteiger partial charge in [-0.3, -0.25) is 4.79 Å². The number of carboxylic acid groups (broad SMARTS) is 1. The van der Waals surface area contributed by atoms with Crippen molar-refractivity contribution in [1.82, 2.24) is 0 Å². The van der Waals surface area contributed by atoms with Gasteiger partial charge in [-0.25, -0.2) is 4.39 Å². The Morgan fingerprint density at radius 1 is 1.44 bits per heavy atom. The maximum Gasteiger partial charge on any atom is 0.573 e. The molecule has 0 aromatic heterocycles. The summed E-state index contributed by atoms with van der Waals surface area (Å²) in [5.41, 5.74) is 5.08. The van der Waals surface area contributed by atoms with E-state index in [0.717, 1.165) is 12.1 Å². The molecule has 0 aliphatic heterocycles. The topological polar surface area (TPSA) is 72.5 Å². The highest BCUT2D eigenvalue weighted by atomic mass is 19.4. The molecule has 0 spiro atoms. The van der Waals surface area contributed by atoms with E-state index in [1.165, 1.54) is 0 Å². The molecule has 0 amide bonds. The van der Waals surface area contributed by atoms with Crippen molar-refractivity contribution < 1.29 is 32.2 Å². The van der Waals surface area contributed by atoms with Gasteiger partial charge in [0.1, 0.15) is 17.6 Å². The van der Waals surface area contributed by atoms with Crippen LogP contribution in [-0.4, -0.2) is 23.5 Å². The molecule has 1 atom stereocenters. The van der Waals surface area contributed by atoms with E-state index >= 15 is 0 Å². The highest BCUT2D eigenvalue weighted by Gasteiger charge is 2.31. The number of alkyl halides is 3. The highest BCUT2D eigenvalue weighted by molar-refractivity contribution is 5.73. The summed E-state index contributed by atoms with van der Waals surface area (Å²) in [7, 11) is 0. The van der Waals surface area contributed by atoms with Crippen LogP contribution >= 0.6 is 0 Å². The van der Waals surface area contributed by atoms with Crippen LogP contribution in [0, 0.1) is 5.82 Å². The third-order valence-corrected chi connectivity index (χ3v) is 2.02. The van der Waals surface area contributed by atoms with Crippen molar-refractivity contribution in [2.75, 3.05) is 0 Å². The minimum atomic E-state index is -4.91. The van der Waals surface area contributed by atoms with Crippen molar-refractivity contribution in [1.29, 1.82) is 0 Å². The van der Waals surface area contributed by atoms with Crippen molar-refractivity contribution in [2.24, 2.45) is 5.73 Å². The van der Waals surface area contributed by atoms with E-state index in [0.29, 0.717) is 6.07 Å². The van der Waals surface area contributed by atoms with Gasteiger partial charge in [-0.2, -0.15) is 0 Å². The van der Waals surface area contributed by atoms with Gasteiger partial charge in [-0.05, 0) is 11.6 Å². The molecule has 1 aromatic carbocycles. The second kappa shape index (κ2) is 5.21. The first-order chi connectivity index (χ1) is 8.19. The molecule has 0 aliphatic carbocycles. The maximum absolute atomic E-state index is 13.4. The summed E-state index contributed by atoms with van der Waals surface area (Å²) in [5.74, 6) is -3.05. The summed E-state index contributed by atoms with van der Waals surface area (Å²) in [4.78, 5) is 10.4. The fraction of sp³-hybridized carbons (Fsp3) is 0.300. The standard InChI is InChI=1S/C10H9F4NO3/c11-7-4-6(18-10(12,13)14)2-1-5(7)3-8(15)9(16)17/h1-2,4,8H,3,15H2,(H,16,17). The molecule has 4 nitrogen and oxygen atoms in total. The zero-order chi connectivity index (χ0) is 13.9. The molecule has 1 rings (SSSR count). The Bertz CT molecular complexity index is 447. The van der Waals surface area contributed by atoms with Crippen LogP contribution in [0.15, 0.2) is 18.2 Å². The third kappa shape index (κ3) is 4.21. The Morgan fingerprint density at radius 2 is 2.06 bits per heavy atom. The molecule has 0 saturated heterocycles. The molecule has 100 valence electrons. The zero-order valence-electron chi connectivity index (χ0n) is 8.87. The summed E-state index contributed by atoms with van der Waals surface area (Å²) in [5, 5.41) is 8.52. The molecule has 0 heterocycles. The van der Waals surface area contributed by atoms with E-state index < -0.39 is 29.9 Å². The Labute approximate surface area is 99.0 Å². The number of aliphatic carboxylic acids is 1. The number of rotatable bonds is 4. The molecule has 0 fully saturated rings. The first-order valence-corrected chi connectivity index (χ1v) is 4.71. The predicted octanol–water partition coefficient (Wildman–Crippen LogP) is 1.68. The molecule has 8 heteroatoms. The van der Waals surface area contributed by atoms with Crippen LogP contribution in [0.25, 0.3) is 0 Å². The lowest BCUT2D eigenvalue weighted by Gasteiger charge is -2.11. The van der Waals surface area contributed by atoms with E-state index in [4.69, 9.17) is 10.8 Å². The smallest absolute Gasteiger partial charge is 0.480 e. The van der Waals surface area contributed by atoms with Gasteiger partial charge in [0, 0.05) is 12.5 Å². The second-order valence-electron chi connectivity index (χ2n) is 3.45. The largest absolute Gasteiger partial charge is 0.573 e. The quantitative estimate of drug-likeness (QED) is 0.814. The van der Waals surface area contributed by atoms with Gasteiger partial charge in [0.15, 0.2) is 0 Å². The molecule has 1 unspecified atom stereocenters. The summed E-state index contributed by atoms with van der Waals surface area (Å²) in [6.07, 6.45) is -5.24. The molecular formula is C10H9F4NO3. The van der Waals surface area contributed by atoms with Crippen LogP contribution in [0.3, 0.4) is 0 Å². The van der Waals surface area contributed by atoms with Crippen molar-refractivity contribution in [3.05, 3.63) is 29.6 Å². The molecule has 0 saturated carbocycles. The minimum Gasteiger partial charge on any atom is -0.480 e. The number of benzene rings is 1. The molecule has 1 aromatic rings. The highest BCUT2D eigenvalue weighted by Crippen LogP contribution is 2.24. The van der Waals surface area contributed by atoms with Crippen LogP contribution in [0.2, 0.25) is 0 Å². The molecule has 18 heavy (non-hydrogen) atoms. The fourth-order valence-corrected chi connectivity index (χ4v) is 1.21. The van der Waals surface area contributed by atoms with Crippen LogP contribution in [0.1, 0.15) is 5.56 Å². The van der Waals surface area contributed by atoms with Crippen molar-refractivity contribution in [3.8, 4) is 5.75 Å². The summed E-state index contributed by atoms with van der Waals surface area (Å²) < 4.78 is 52.4. The number of carboxylic acids is 1. The van der Waals surface area contributed by atoms with Crippen LogP contribution in [0.4, 0.5) is 17.6 Å². The normalized spacial score (nSPS) is 13.2.